The van der Waals surface area contributed by atoms with E-state index in [0.29, 0.717) is 67.3 Å². The van der Waals surface area contributed by atoms with Crippen molar-refractivity contribution in [3.8, 4) is 11.5 Å². The Bertz CT molecular complexity index is 1300. The third-order valence-corrected chi connectivity index (χ3v) is 7.15. The van der Waals surface area contributed by atoms with Gasteiger partial charge in [0.25, 0.3) is 0 Å². The van der Waals surface area contributed by atoms with Gasteiger partial charge in [-0.3, -0.25) is 4.90 Å². The molecule has 2 saturated heterocycles. The van der Waals surface area contributed by atoms with Crippen molar-refractivity contribution in [1.82, 2.24) is 19.8 Å². The van der Waals surface area contributed by atoms with Gasteiger partial charge in [0, 0.05) is 57.0 Å². The van der Waals surface area contributed by atoms with E-state index in [1.165, 1.54) is 12.4 Å². The number of amides is 1. The van der Waals surface area contributed by atoms with Gasteiger partial charge < -0.3 is 29.2 Å². The molecule has 0 spiro atoms. The van der Waals surface area contributed by atoms with Crippen molar-refractivity contribution in [3.63, 3.8) is 0 Å². The predicted molar refractivity (Wildman–Crippen MR) is 145 cm³/mol. The van der Waals surface area contributed by atoms with E-state index in [4.69, 9.17) is 30.5 Å². The number of ether oxygens (including phenoxy) is 4. The van der Waals surface area contributed by atoms with Crippen LogP contribution in [0.25, 0.3) is 10.9 Å². The van der Waals surface area contributed by atoms with Crippen LogP contribution in [0.15, 0.2) is 36.7 Å². The van der Waals surface area contributed by atoms with Crippen LogP contribution in [0.2, 0.25) is 5.02 Å². The van der Waals surface area contributed by atoms with Crippen molar-refractivity contribution < 1.29 is 28.1 Å². The zero-order valence-corrected chi connectivity index (χ0v) is 22.5. The lowest BCUT2D eigenvalue weighted by atomic mass is 10.1. The number of piperidine rings is 1. The number of fused-ring (bicyclic) bond motifs is 1. The van der Waals surface area contributed by atoms with Crippen molar-refractivity contribution in [2.45, 2.75) is 18.9 Å². The number of benzene rings is 2. The average molecular weight is 560 g/mol. The summed E-state index contributed by atoms with van der Waals surface area (Å²) in [6, 6.07) is 8.25. The Morgan fingerprint density at radius 2 is 1.95 bits per heavy atom. The van der Waals surface area contributed by atoms with Crippen molar-refractivity contribution in [1.29, 1.82) is 0 Å². The van der Waals surface area contributed by atoms with Crippen LogP contribution in [0.5, 0.6) is 11.5 Å². The highest BCUT2D eigenvalue weighted by molar-refractivity contribution is 6.31. The van der Waals surface area contributed by atoms with Gasteiger partial charge in [-0.25, -0.2) is 19.2 Å². The molecule has 0 saturated carbocycles. The minimum atomic E-state index is -0.567. The second-order valence-corrected chi connectivity index (χ2v) is 9.75. The molecule has 0 radical (unpaired) electrons. The zero-order valence-electron chi connectivity index (χ0n) is 21.7. The van der Waals surface area contributed by atoms with E-state index in [2.05, 4.69) is 20.2 Å². The zero-order chi connectivity index (χ0) is 27.2. The number of rotatable bonds is 8. The fourth-order valence-electron chi connectivity index (χ4n) is 4.66. The molecular formula is C27H31ClFN5O5. The molecule has 10 nitrogen and oxygen atoms in total. The van der Waals surface area contributed by atoms with Crippen LogP contribution in [0.4, 0.5) is 20.7 Å². The lowest BCUT2D eigenvalue weighted by Gasteiger charge is -2.32. The highest BCUT2D eigenvalue weighted by atomic mass is 35.5. The highest BCUT2D eigenvalue weighted by Gasteiger charge is 2.26. The molecule has 2 fully saturated rings. The SMILES string of the molecule is COc1cc2ncnc(Nc3cccc(Cl)c3F)c2cc1OC1CCN(C(=O)OCCN2CCOCC2)CC1. The number of hydrogen-bond donors (Lipinski definition) is 1. The Hall–Kier alpha value is -3.41. The monoisotopic (exact) mass is 559 g/mol. The van der Waals surface area contributed by atoms with E-state index in [1.54, 1.807) is 36.3 Å². The van der Waals surface area contributed by atoms with Gasteiger partial charge in [0.15, 0.2) is 17.3 Å². The van der Waals surface area contributed by atoms with Gasteiger partial charge in [0.2, 0.25) is 0 Å². The Morgan fingerprint density at radius 3 is 2.72 bits per heavy atom. The number of morpholine rings is 1. The van der Waals surface area contributed by atoms with Crippen LogP contribution in [0.3, 0.4) is 0 Å². The number of nitrogens with one attached hydrogen (secondary N) is 1. The van der Waals surface area contributed by atoms with Gasteiger partial charge in [0.1, 0.15) is 24.9 Å². The van der Waals surface area contributed by atoms with E-state index in [9.17, 15) is 9.18 Å². The fraction of sp³-hybridized carbons (Fsp3) is 0.444. The summed E-state index contributed by atoms with van der Waals surface area (Å²) in [5.74, 6) is 0.873. The molecule has 39 heavy (non-hydrogen) atoms. The van der Waals surface area contributed by atoms with Gasteiger partial charge in [0.05, 0.1) is 36.6 Å². The summed E-state index contributed by atoms with van der Waals surface area (Å²) in [7, 11) is 1.56. The fourth-order valence-corrected chi connectivity index (χ4v) is 4.83. The molecule has 2 aliphatic heterocycles. The number of carbonyl (C=O) groups is 1. The van der Waals surface area contributed by atoms with Gasteiger partial charge >= 0.3 is 6.09 Å². The third-order valence-electron chi connectivity index (χ3n) is 6.86. The molecular weight excluding hydrogens is 529 g/mol. The first-order valence-electron chi connectivity index (χ1n) is 12.9. The van der Waals surface area contributed by atoms with Crippen LogP contribution in [0.1, 0.15) is 12.8 Å². The van der Waals surface area contributed by atoms with E-state index >= 15 is 0 Å². The Labute approximate surface area is 230 Å². The lowest BCUT2D eigenvalue weighted by Crippen LogP contribution is -2.43. The van der Waals surface area contributed by atoms with Crippen molar-refractivity contribution in [3.05, 3.63) is 47.5 Å². The van der Waals surface area contributed by atoms with Gasteiger partial charge in [-0.05, 0) is 18.2 Å². The first-order valence-corrected chi connectivity index (χ1v) is 13.3. The number of methoxy groups -OCH3 is 1. The lowest BCUT2D eigenvalue weighted by molar-refractivity contribution is 0.0219. The van der Waals surface area contributed by atoms with E-state index in [1.807, 2.05) is 0 Å². The van der Waals surface area contributed by atoms with Crippen LogP contribution in [-0.4, -0.2) is 91.6 Å². The maximum absolute atomic E-state index is 14.5. The summed E-state index contributed by atoms with van der Waals surface area (Å²) in [4.78, 5) is 25.1. The van der Waals surface area contributed by atoms with Gasteiger partial charge in [-0.15, -0.1) is 0 Å². The second-order valence-electron chi connectivity index (χ2n) is 9.34. The molecule has 0 atom stereocenters. The Balaban J connectivity index is 1.22. The number of aromatic nitrogens is 2. The third kappa shape index (κ3) is 6.60. The summed E-state index contributed by atoms with van der Waals surface area (Å²) in [5, 5.41) is 3.65. The average Bonchev–Trinajstić information content (AvgIpc) is 2.96. The Morgan fingerprint density at radius 1 is 1.15 bits per heavy atom. The maximum Gasteiger partial charge on any atom is 0.409 e. The summed E-state index contributed by atoms with van der Waals surface area (Å²) >= 11 is 5.94. The predicted octanol–water partition coefficient (Wildman–Crippen LogP) is 4.49. The number of nitrogens with zero attached hydrogens (tertiary/aromatic N) is 4. The Kier molecular flexibility index (Phi) is 8.80. The molecule has 5 rings (SSSR count). The van der Waals surface area contributed by atoms with Crippen molar-refractivity contribution in [2.75, 3.05) is 65.0 Å². The van der Waals surface area contributed by atoms with Crippen molar-refractivity contribution >= 4 is 40.1 Å². The maximum atomic E-state index is 14.5. The molecule has 208 valence electrons. The molecule has 12 heteroatoms. The van der Waals surface area contributed by atoms with Crippen LogP contribution < -0.4 is 14.8 Å². The molecule has 2 aromatic carbocycles. The molecule has 3 aromatic rings. The molecule has 0 bridgehead atoms. The number of carbonyl (C=O) groups excluding carboxylic acids is 1. The normalized spacial score (nSPS) is 16.7. The van der Waals surface area contributed by atoms with Crippen LogP contribution >= 0.6 is 11.6 Å². The first kappa shape index (κ1) is 27.2. The van der Waals surface area contributed by atoms with Crippen LogP contribution in [0, 0.1) is 5.82 Å². The highest BCUT2D eigenvalue weighted by Crippen LogP contribution is 2.36. The first-order chi connectivity index (χ1) is 19.0. The minimum absolute atomic E-state index is 0.0105. The quantitative estimate of drug-likeness (QED) is 0.428. The smallest absolute Gasteiger partial charge is 0.409 e. The number of anilines is 2. The molecule has 0 unspecified atom stereocenters. The minimum Gasteiger partial charge on any atom is -0.493 e. The summed E-state index contributed by atoms with van der Waals surface area (Å²) in [5.41, 5.74) is 0.804. The largest absolute Gasteiger partial charge is 0.493 e. The molecule has 1 amide bonds. The summed E-state index contributed by atoms with van der Waals surface area (Å²) < 4.78 is 37.2. The van der Waals surface area contributed by atoms with E-state index in [-0.39, 0.29) is 22.9 Å². The molecule has 0 aliphatic carbocycles. The van der Waals surface area contributed by atoms with Crippen LogP contribution in [-0.2, 0) is 9.47 Å². The van der Waals surface area contributed by atoms with E-state index < -0.39 is 5.82 Å². The molecule has 1 aromatic heterocycles. The van der Waals surface area contributed by atoms with Crippen molar-refractivity contribution in [2.24, 2.45) is 0 Å². The topological polar surface area (TPSA) is 98.3 Å². The second kappa shape index (κ2) is 12.6. The molecule has 3 heterocycles. The summed E-state index contributed by atoms with van der Waals surface area (Å²) in [6.07, 6.45) is 2.25. The number of halogens is 2. The summed E-state index contributed by atoms with van der Waals surface area (Å²) in [6.45, 7) is 5.28. The molecule has 1 N–H and O–H groups in total. The van der Waals surface area contributed by atoms with Gasteiger partial charge in [-0.1, -0.05) is 17.7 Å². The molecule has 2 aliphatic rings. The van der Waals surface area contributed by atoms with Gasteiger partial charge in [-0.2, -0.15) is 0 Å². The number of likely N-dealkylation sites (tertiary alicyclic amines) is 1. The standard InChI is InChI=1S/C27H31ClFN5O5/c1-36-23-16-22-19(26(31-17-30-22)32-21-4-2-3-20(28)25(21)29)15-24(23)39-18-5-7-34(8-6-18)27(35)38-14-11-33-9-12-37-13-10-33/h2-4,15-18H,5-14H2,1H3,(H,30,31,32). The number of hydrogen-bond acceptors (Lipinski definition) is 9. The van der Waals surface area contributed by atoms with E-state index in [0.717, 1.165) is 26.3 Å².